The van der Waals surface area contributed by atoms with Crippen molar-refractivity contribution in [2.24, 2.45) is 0 Å². The molecule has 0 aliphatic carbocycles. The number of nitrogens with one attached hydrogen (secondary N) is 2. The number of thiocarbonyl (C=S) groups is 1. The maximum Gasteiger partial charge on any atom is 0.338 e. The van der Waals surface area contributed by atoms with Crippen LogP contribution in [-0.2, 0) is 9.47 Å². The quantitative estimate of drug-likeness (QED) is 0.364. The minimum Gasteiger partial charge on any atom is -0.459 e. The van der Waals surface area contributed by atoms with Crippen LogP contribution >= 0.6 is 12.2 Å². The van der Waals surface area contributed by atoms with E-state index in [0.717, 1.165) is 16.5 Å². The molecule has 32 heavy (non-hydrogen) atoms. The van der Waals surface area contributed by atoms with Gasteiger partial charge in [0.15, 0.2) is 5.11 Å². The summed E-state index contributed by atoms with van der Waals surface area (Å²) < 4.78 is 10.6. The van der Waals surface area contributed by atoms with Crippen molar-refractivity contribution in [2.75, 3.05) is 10.6 Å². The van der Waals surface area contributed by atoms with Gasteiger partial charge in [-0.2, -0.15) is 0 Å². The molecule has 3 aromatic rings. The molecule has 166 valence electrons. The lowest BCUT2D eigenvalue weighted by atomic mass is 10.1. The lowest BCUT2D eigenvalue weighted by molar-refractivity contribution is 0.0377. The first kappa shape index (κ1) is 23.2. The monoisotopic (exact) mass is 450 g/mol. The molecule has 0 radical (unpaired) electrons. The van der Waals surface area contributed by atoms with Crippen LogP contribution in [0.1, 0.15) is 48.4 Å². The van der Waals surface area contributed by atoms with E-state index >= 15 is 0 Å². The lowest BCUT2D eigenvalue weighted by Gasteiger charge is -2.15. The fraction of sp³-hybridized carbons (Fsp3) is 0.240. The number of carbonyl (C=O) groups excluding carboxylic acids is 2. The molecule has 0 aliphatic heterocycles. The molecule has 0 amide bonds. The summed E-state index contributed by atoms with van der Waals surface area (Å²) in [6.07, 6.45) is -0.585. The maximum atomic E-state index is 12.5. The van der Waals surface area contributed by atoms with E-state index < -0.39 is 11.9 Å². The highest BCUT2D eigenvalue weighted by Gasteiger charge is 2.17. The highest BCUT2D eigenvalue weighted by molar-refractivity contribution is 7.80. The average molecular weight is 451 g/mol. The summed E-state index contributed by atoms with van der Waals surface area (Å²) in [6, 6.07) is 18.5. The fourth-order valence-corrected chi connectivity index (χ4v) is 3.35. The molecule has 0 fully saturated rings. The van der Waals surface area contributed by atoms with Crippen molar-refractivity contribution in [1.82, 2.24) is 0 Å². The van der Waals surface area contributed by atoms with E-state index in [0.29, 0.717) is 10.8 Å². The van der Waals surface area contributed by atoms with Crippen molar-refractivity contribution in [3.63, 3.8) is 0 Å². The predicted molar refractivity (Wildman–Crippen MR) is 131 cm³/mol. The van der Waals surface area contributed by atoms with Gasteiger partial charge < -0.3 is 20.1 Å². The summed E-state index contributed by atoms with van der Waals surface area (Å²) in [6.45, 7) is 7.04. The van der Waals surface area contributed by atoms with Gasteiger partial charge >= 0.3 is 11.9 Å². The average Bonchev–Trinajstić information content (AvgIpc) is 2.72. The summed E-state index contributed by atoms with van der Waals surface area (Å²) in [5, 5.41) is 8.66. The third-order valence-electron chi connectivity index (χ3n) is 4.39. The van der Waals surface area contributed by atoms with Gasteiger partial charge in [0.1, 0.15) is 0 Å². The third-order valence-corrected chi connectivity index (χ3v) is 4.59. The molecule has 0 aromatic heterocycles. The first-order valence-corrected chi connectivity index (χ1v) is 10.8. The second-order valence-electron chi connectivity index (χ2n) is 7.81. The molecule has 3 rings (SSSR count). The van der Waals surface area contributed by atoms with Gasteiger partial charge in [-0.3, -0.25) is 0 Å². The first-order chi connectivity index (χ1) is 15.2. The molecule has 7 heteroatoms. The van der Waals surface area contributed by atoms with Crippen molar-refractivity contribution in [1.29, 1.82) is 0 Å². The number of rotatable bonds is 6. The predicted octanol–water partition coefficient (Wildman–Crippen LogP) is 5.78. The molecule has 0 spiro atoms. The van der Waals surface area contributed by atoms with Crippen molar-refractivity contribution in [2.45, 2.75) is 39.9 Å². The zero-order valence-corrected chi connectivity index (χ0v) is 19.3. The van der Waals surface area contributed by atoms with Crippen molar-refractivity contribution in [3.05, 3.63) is 71.8 Å². The number of hydrogen-bond acceptors (Lipinski definition) is 5. The van der Waals surface area contributed by atoms with Gasteiger partial charge in [-0.25, -0.2) is 9.59 Å². The Labute approximate surface area is 192 Å². The van der Waals surface area contributed by atoms with E-state index in [2.05, 4.69) is 10.6 Å². The van der Waals surface area contributed by atoms with Gasteiger partial charge in [0.2, 0.25) is 0 Å². The number of hydrogen-bond donors (Lipinski definition) is 2. The number of ether oxygens (including phenoxy) is 2. The number of fused-ring (bicyclic) bond motifs is 1. The molecule has 0 heterocycles. The van der Waals surface area contributed by atoms with Crippen molar-refractivity contribution in [3.8, 4) is 0 Å². The van der Waals surface area contributed by atoms with Crippen LogP contribution in [0.5, 0.6) is 0 Å². The molecule has 2 N–H and O–H groups in total. The second kappa shape index (κ2) is 10.2. The SMILES string of the molecule is CC(C)OC(=O)c1cc(NC(=S)Nc2cccc3ccccc23)cc(C(=O)OC(C)C)c1. The smallest absolute Gasteiger partial charge is 0.338 e. The minimum absolute atomic E-state index is 0.229. The Morgan fingerprint density at radius 3 is 1.94 bits per heavy atom. The molecular formula is C25H26N2O4S. The van der Waals surface area contributed by atoms with Crippen LogP contribution < -0.4 is 10.6 Å². The Balaban J connectivity index is 1.87. The largest absolute Gasteiger partial charge is 0.459 e. The normalized spacial score (nSPS) is 10.8. The Morgan fingerprint density at radius 1 is 0.781 bits per heavy atom. The van der Waals surface area contributed by atoms with E-state index in [1.54, 1.807) is 39.8 Å². The van der Waals surface area contributed by atoms with Crippen molar-refractivity contribution >= 4 is 51.4 Å². The summed E-state index contributed by atoms with van der Waals surface area (Å²) in [5.74, 6) is -1.06. The summed E-state index contributed by atoms with van der Waals surface area (Å²) >= 11 is 5.48. The highest BCUT2D eigenvalue weighted by Crippen LogP contribution is 2.24. The number of benzene rings is 3. The number of anilines is 2. The van der Waals surface area contributed by atoms with Gasteiger partial charge in [-0.15, -0.1) is 0 Å². The molecule has 3 aromatic carbocycles. The van der Waals surface area contributed by atoms with Crippen LogP contribution in [-0.4, -0.2) is 29.3 Å². The van der Waals surface area contributed by atoms with Crippen LogP contribution in [0.25, 0.3) is 10.8 Å². The van der Waals surface area contributed by atoms with Gasteiger partial charge in [-0.1, -0.05) is 36.4 Å². The standard InChI is InChI=1S/C25H26N2O4S/c1-15(2)30-23(28)18-12-19(24(29)31-16(3)4)14-20(13-18)26-25(32)27-22-11-7-9-17-8-5-6-10-21(17)22/h5-16H,1-4H3,(H2,26,27,32). The van der Waals surface area contributed by atoms with Gasteiger partial charge in [-0.05, 0) is 69.6 Å². The summed E-state index contributed by atoms with van der Waals surface area (Å²) in [4.78, 5) is 25.0. The Kier molecular flexibility index (Phi) is 7.43. The van der Waals surface area contributed by atoms with Gasteiger partial charge in [0.25, 0.3) is 0 Å². The minimum atomic E-state index is -0.532. The Hall–Kier alpha value is -3.45. The topological polar surface area (TPSA) is 76.7 Å². The highest BCUT2D eigenvalue weighted by atomic mass is 32.1. The summed E-state index contributed by atoms with van der Waals surface area (Å²) in [5.41, 5.74) is 1.77. The molecule has 0 atom stereocenters. The zero-order chi connectivity index (χ0) is 23.3. The Morgan fingerprint density at radius 2 is 1.34 bits per heavy atom. The third kappa shape index (κ3) is 6.04. The van der Waals surface area contributed by atoms with E-state index in [9.17, 15) is 9.59 Å². The molecule has 6 nitrogen and oxygen atoms in total. The van der Waals surface area contributed by atoms with Gasteiger partial charge in [0.05, 0.1) is 23.3 Å². The Bertz CT molecular complexity index is 1110. The van der Waals surface area contributed by atoms with Crippen LogP contribution in [0.3, 0.4) is 0 Å². The maximum absolute atomic E-state index is 12.5. The van der Waals surface area contributed by atoms with E-state index in [1.165, 1.54) is 6.07 Å². The summed E-state index contributed by atoms with van der Waals surface area (Å²) in [7, 11) is 0. The fourth-order valence-electron chi connectivity index (χ4n) is 3.12. The molecule has 0 saturated carbocycles. The molecule has 0 bridgehead atoms. The van der Waals surface area contributed by atoms with Crippen molar-refractivity contribution < 1.29 is 19.1 Å². The molecule has 0 aliphatic rings. The zero-order valence-electron chi connectivity index (χ0n) is 18.5. The number of carbonyl (C=O) groups is 2. The van der Waals surface area contributed by atoms with Crippen LogP contribution in [0, 0.1) is 0 Å². The lowest BCUT2D eigenvalue weighted by Crippen LogP contribution is -2.21. The van der Waals surface area contributed by atoms with E-state index in [-0.39, 0.29) is 23.3 Å². The van der Waals surface area contributed by atoms with Crippen LogP contribution in [0.15, 0.2) is 60.7 Å². The second-order valence-corrected chi connectivity index (χ2v) is 8.22. The first-order valence-electron chi connectivity index (χ1n) is 10.4. The van der Waals surface area contributed by atoms with Gasteiger partial charge in [0, 0.05) is 16.8 Å². The molecule has 0 saturated heterocycles. The van der Waals surface area contributed by atoms with Crippen LogP contribution in [0.4, 0.5) is 11.4 Å². The van der Waals surface area contributed by atoms with E-state index in [4.69, 9.17) is 21.7 Å². The number of esters is 2. The van der Waals surface area contributed by atoms with E-state index in [1.807, 2.05) is 42.5 Å². The van der Waals surface area contributed by atoms with Crippen LogP contribution in [0.2, 0.25) is 0 Å². The molecule has 0 unspecified atom stereocenters. The molecular weight excluding hydrogens is 424 g/mol.